The van der Waals surface area contributed by atoms with Crippen LogP contribution < -0.4 is 5.32 Å². The fraction of sp³-hybridized carbons (Fsp3) is 0.250. The Balaban J connectivity index is 2.22. The first kappa shape index (κ1) is 14.2. The Morgan fingerprint density at radius 3 is 2.42 bits per heavy atom. The average molecular weight is 322 g/mol. The van der Waals surface area contributed by atoms with Crippen molar-refractivity contribution in [1.82, 2.24) is 5.32 Å². The van der Waals surface area contributed by atoms with Crippen molar-refractivity contribution >= 4 is 15.9 Å². The van der Waals surface area contributed by atoms with Crippen LogP contribution in [-0.4, -0.2) is 7.05 Å². The Kier molecular flexibility index (Phi) is 4.72. The van der Waals surface area contributed by atoms with Crippen molar-refractivity contribution in [2.45, 2.75) is 19.4 Å². The fourth-order valence-corrected chi connectivity index (χ4v) is 2.83. The number of hydrogen-bond donors (Lipinski definition) is 1. The molecule has 0 aliphatic carbocycles. The molecule has 0 radical (unpaired) electrons. The average Bonchev–Trinajstić information content (AvgIpc) is 2.37. The van der Waals surface area contributed by atoms with E-state index in [2.05, 4.69) is 46.4 Å². The molecule has 0 amide bonds. The molecule has 100 valence electrons. The first-order valence-electron chi connectivity index (χ1n) is 6.27. The molecule has 0 aliphatic rings. The molecule has 0 fully saturated rings. The first-order chi connectivity index (χ1) is 9.08. The molecule has 0 spiro atoms. The maximum atomic E-state index is 12.9. The highest BCUT2D eigenvalue weighted by Crippen LogP contribution is 2.23. The summed E-state index contributed by atoms with van der Waals surface area (Å²) in [6, 6.07) is 13.3. The van der Waals surface area contributed by atoms with Crippen LogP contribution in [-0.2, 0) is 6.42 Å². The fourth-order valence-electron chi connectivity index (χ4n) is 2.21. The Bertz CT molecular complexity index is 531. The molecular weight excluding hydrogens is 305 g/mol. The minimum atomic E-state index is -0.192. The summed E-state index contributed by atoms with van der Waals surface area (Å²) in [5.74, 6) is -0.192. The number of aryl methyl sites for hydroxylation is 1. The number of benzene rings is 2. The van der Waals surface area contributed by atoms with E-state index < -0.39 is 0 Å². The maximum absolute atomic E-state index is 12.9. The van der Waals surface area contributed by atoms with Crippen molar-refractivity contribution in [3.05, 3.63) is 69.4 Å². The molecule has 0 bridgehead atoms. The molecule has 19 heavy (non-hydrogen) atoms. The molecule has 0 saturated heterocycles. The highest BCUT2D eigenvalue weighted by Gasteiger charge is 2.11. The lowest BCUT2D eigenvalue weighted by Crippen LogP contribution is -2.19. The molecule has 0 aromatic heterocycles. The predicted molar refractivity (Wildman–Crippen MR) is 80.8 cm³/mol. The van der Waals surface area contributed by atoms with Crippen LogP contribution in [0.1, 0.15) is 22.7 Å². The van der Waals surface area contributed by atoms with Gasteiger partial charge in [-0.25, -0.2) is 4.39 Å². The normalized spacial score (nSPS) is 12.4. The largest absolute Gasteiger partial charge is 0.313 e. The molecule has 2 aromatic carbocycles. The van der Waals surface area contributed by atoms with Crippen molar-refractivity contribution in [2.75, 3.05) is 7.05 Å². The summed E-state index contributed by atoms with van der Waals surface area (Å²) in [7, 11) is 1.95. The molecule has 2 aromatic rings. The van der Waals surface area contributed by atoms with Gasteiger partial charge in [0.25, 0.3) is 0 Å². The minimum absolute atomic E-state index is 0.192. The molecule has 2 rings (SSSR count). The quantitative estimate of drug-likeness (QED) is 0.880. The molecule has 0 saturated carbocycles. The van der Waals surface area contributed by atoms with Gasteiger partial charge in [-0.3, -0.25) is 0 Å². The monoisotopic (exact) mass is 321 g/mol. The summed E-state index contributed by atoms with van der Waals surface area (Å²) >= 11 is 3.53. The first-order valence-corrected chi connectivity index (χ1v) is 7.06. The molecule has 0 heterocycles. The van der Waals surface area contributed by atoms with Gasteiger partial charge in [0, 0.05) is 10.5 Å². The lowest BCUT2D eigenvalue weighted by atomic mass is 9.98. The molecule has 1 atom stereocenters. The van der Waals surface area contributed by atoms with E-state index in [0.717, 1.165) is 16.5 Å². The summed E-state index contributed by atoms with van der Waals surface area (Å²) in [6.07, 6.45) is 0.840. The molecule has 0 aliphatic heterocycles. The van der Waals surface area contributed by atoms with E-state index in [4.69, 9.17) is 0 Å². The van der Waals surface area contributed by atoms with Gasteiger partial charge in [0.15, 0.2) is 0 Å². The van der Waals surface area contributed by atoms with Gasteiger partial charge in [0.2, 0.25) is 0 Å². The molecule has 3 heteroatoms. The van der Waals surface area contributed by atoms with Gasteiger partial charge in [-0.05, 0) is 61.3 Å². The third-order valence-corrected chi connectivity index (χ3v) is 3.63. The second-order valence-corrected chi connectivity index (χ2v) is 5.65. The third kappa shape index (κ3) is 3.88. The number of nitrogens with one attached hydrogen (secondary N) is 1. The zero-order chi connectivity index (χ0) is 13.8. The van der Waals surface area contributed by atoms with E-state index in [1.54, 1.807) is 0 Å². The van der Waals surface area contributed by atoms with Crippen molar-refractivity contribution in [1.29, 1.82) is 0 Å². The summed E-state index contributed by atoms with van der Waals surface area (Å²) in [4.78, 5) is 0. The van der Waals surface area contributed by atoms with Gasteiger partial charge in [-0.15, -0.1) is 0 Å². The Hall–Kier alpha value is -1.19. The summed E-state index contributed by atoms with van der Waals surface area (Å²) in [5.41, 5.74) is 3.58. The summed E-state index contributed by atoms with van der Waals surface area (Å²) in [6.45, 7) is 2.08. The molecule has 1 nitrogen and oxygen atoms in total. The number of likely N-dealkylation sites (N-methyl/N-ethyl adjacent to an activating group) is 1. The van der Waals surface area contributed by atoms with Crippen molar-refractivity contribution in [3.63, 3.8) is 0 Å². The number of hydrogen-bond acceptors (Lipinski definition) is 1. The van der Waals surface area contributed by atoms with Gasteiger partial charge in [0.1, 0.15) is 5.82 Å². The van der Waals surface area contributed by atoms with Gasteiger partial charge in [-0.2, -0.15) is 0 Å². The van der Waals surface area contributed by atoms with E-state index in [-0.39, 0.29) is 11.9 Å². The smallest absolute Gasteiger partial charge is 0.123 e. The van der Waals surface area contributed by atoms with Gasteiger partial charge in [-0.1, -0.05) is 34.1 Å². The van der Waals surface area contributed by atoms with Crippen LogP contribution in [0, 0.1) is 12.7 Å². The molecular formula is C16H17BrFN. The Labute approximate surface area is 122 Å². The van der Waals surface area contributed by atoms with E-state index in [9.17, 15) is 4.39 Å². The highest BCUT2D eigenvalue weighted by molar-refractivity contribution is 9.10. The van der Waals surface area contributed by atoms with Crippen molar-refractivity contribution in [3.8, 4) is 0 Å². The van der Waals surface area contributed by atoms with Gasteiger partial charge < -0.3 is 5.32 Å². The zero-order valence-electron chi connectivity index (χ0n) is 11.1. The van der Waals surface area contributed by atoms with E-state index >= 15 is 0 Å². The Morgan fingerprint density at radius 1 is 1.16 bits per heavy atom. The van der Waals surface area contributed by atoms with Gasteiger partial charge >= 0.3 is 0 Å². The van der Waals surface area contributed by atoms with Gasteiger partial charge in [0.05, 0.1) is 0 Å². The van der Waals surface area contributed by atoms with E-state index in [1.807, 2.05) is 19.2 Å². The highest BCUT2D eigenvalue weighted by atomic mass is 79.9. The van der Waals surface area contributed by atoms with E-state index in [0.29, 0.717) is 0 Å². The van der Waals surface area contributed by atoms with Crippen LogP contribution in [0.4, 0.5) is 4.39 Å². The van der Waals surface area contributed by atoms with Crippen LogP contribution in [0.2, 0.25) is 0 Å². The van der Waals surface area contributed by atoms with Crippen LogP contribution >= 0.6 is 15.9 Å². The molecule has 1 unspecified atom stereocenters. The van der Waals surface area contributed by atoms with Crippen molar-refractivity contribution in [2.24, 2.45) is 0 Å². The standard InChI is InChI=1S/C16H17BrFN/c1-11-7-13(10-14(17)8-11)16(19-2)9-12-3-5-15(18)6-4-12/h3-8,10,16,19H,9H2,1-2H3. The summed E-state index contributed by atoms with van der Waals surface area (Å²) in [5, 5.41) is 3.32. The SMILES string of the molecule is CNC(Cc1ccc(F)cc1)c1cc(C)cc(Br)c1. The van der Waals surface area contributed by atoms with E-state index in [1.165, 1.54) is 23.3 Å². The second-order valence-electron chi connectivity index (χ2n) is 4.73. The summed E-state index contributed by atoms with van der Waals surface area (Å²) < 4.78 is 14.0. The van der Waals surface area contributed by atoms with Crippen LogP contribution in [0.15, 0.2) is 46.9 Å². The number of halogens is 2. The topological polar surface area (TPSA) is 12.0 Å². The zero-order valence-corrected chi connectivity index (χ0v) is 12.7. The number of rotatable bonds is 4. The second kappa shape index (κ2) is 6.31. The van der Waals surface area contributed by atoms with Crippen molar-refractivity contribution < 1.29 is 4.39 Å². The minimum Gasteiger partial charge on any atom is -0.313 e. The lowest BCUT2D eigenvalue weighted by molar-refractivity contribution is 0.588. The predicted octanol–water partition coefficient (Wildman–Crippen LogP) is 4.40. The maximum Gasteiger partial charge on any atom is 0.123 e. The van der Waals surface area contributed by atoms with Crippen LogP contribution in [0.25, 0.3) is 0 Å². The lowest BCUT2D eigenvalue weighted by Gasteiger charge is -2.18. The van der Waals surface area contributed by atoms with Crippen LogP contribution in [0.5, 0.6) is 0 Å². The molecule has 1 N–H and O–H groups in total. The Morgan fingerprint density at radius 2 is 1.84 bits per heavy atom. The third-order valence-electron chi connectivity index (χ3n) is 3.17. The van der Waals surface area contributed by atoms with Crippen LogP contribution in [0.3, 0.4) is 0 Å².